The zero-order valence-corrected chi connectivity index (χ0v) is 15.2. The van der Waals surface area contributed by atoms with Gasteiger partial charge in [-0.1, -0.05) is 6.07 Å². The van der Waals surface area contributed by atoms with Crippen molar-refractivity contribution in [2.24, 2.45) is 0 Å². The predicted molar refractivity (Wildman–Crippen MR) is 107 cm³/mol. The first-order valence-electron chi connectivity index (χ1n) is 8.42. The number of carbonyl (C=O) groups is 1. The molecule has 0 saturated heterocycles. The zero-order chi connectivity index (χ0) is 18.9. The van der Waals surface area contributed by atoms with Crippen LogP contribution in [0.15, 0.2) is 60.5 Å². The van der Waals surface area contributed by atoms with E-state index in [0.29, 0.717) is 22.7 Å². The summed E-state index contributed by atoms with van der Waals surface area (Å²) < 4.78 is 1.70. The van der Waals surface area contributed by atoms with Crippen molar-refractivity contribution < 1.29 is 4.79 Å². The monoisotopic (exact) mass is 387 g/mol. The fourth-order valence-corrected chi connectivity index (χ4v) is 3.60. The van der Waals surface area contributed by atoms with Gasteiger partial charge in [-0.3, -0.25) is 9.89 Å². The van der Waals surface area contributed by atoms with Crippen LogP contribution in [0.25, 0.3) is 27.5 Å². The van der Waals surface area contributed by atoms with Gasteiger partial charge in [0.2, 0.25) is 0 Å². The zero-order valence-electron chi connectivity index (χ0n) is 14.4. The Bertz CT molecular complexity index is 1260. The average Bonchev–Trinajstić information content (AvgIpc) is 3.48. The minimum absolute atomic E-state index is 0.504. The largest absolute Gasteiger partial charge is 0.338 e. The van der Waals surface area contributed by atoms with Gasteiger partial charge in [-0.2, -0.15) is 10.2 Å². The minimum Gasteiger partial charge on any atom is -0.338 e. The van der Waals surface area contributed by atoms with Gasteiger partial charge in [0.25, 0.3) is 0 Å². The number of aldehydes is 1. The molecule has 0 bridgehead atoms. The summed E-state index contributed by atoms with van der Waals surface area (Å²) in [6.07, 6.45) is 7.72. The second-order valence-electron chi connectivity index (χ2n) is 6.02. The van der Waals surface area contributed by atoms with Crippen molar-refractivity contribution >= 4 is 34.8 Å². The van der Waals surface area contributed by atoms with E-state index in [0.717, 1.165) is 28.1 Å². The van der Waals surface area contributed by atoms with Gasteiger partial charge in [-0.05, 0) is 29.6 Å². The van der Waals surface area contributed by atoms with Crippen LogP contribution in [-0.4, -0.2) is 36.1 Å². The molecule has 0 amide bonds. The van der Waals surface area contributed by atoms with Gasteiger partial charge in [0.1, 0.15) is 12.1 Å². The van der Waals surface area contributed by atoms with Crippen LogP contribution >= 0.6 is 11.3 Å². The second-order valence-corrected chi connectivity index (χ2v) is 6.96. The van der Waals surface area contributed by atoms with Gasteiger partial charge in [-0.15, -0.1) is 11.3 Å². The van der Waals surface area contributed by atoms with Crippen LogP contribution in [0.1, 0.15) is 10.4 Å². The Morgan fingerprint density at radius 2 is 2.11 bits per heavy atom. The van der Waals surface area contributed by atoms with Crippen molar-refractivity contribution in [3.63, 3.8) is 0 Å². The van der Waals surface area contributed by atoms with Gasteiger partial charge >= 0.3 is 0 Å². The molecule has 0 saturated carbocycles. The van der Waals surface area contributed by atoms with Crippen molar-refractivity contribution in [1.29, 1.82) is 0 Å². The van der Waals surface area contributed by atoms with E-state index in [4.69, 9.17) is 4.98 Å². The molecule has 9 heteroatoms. The highest BCUT2D eigenvalue weighted by Crippen LogP contribution is 2.28. The Balaban J connectivity index is 1.62. The van der Waals surface area contributed by atoms with Crippen LogP contribution in [0.5, 0.6) is 0 Å². The lowest BCUT2D eigenvalue weighted by Crippen LogP contribution is -1.97. The number of hydrogen-bond donors (Lipinski definition) is 2. The number of fused-ring (bicyclic) bond motifs is 1. The SMILES string of the molecule is O=Cc1cc(Nc2cn[nH]c2)nc(-c2cnn3ccc(-c4cccs4)nc23)c1. The molecule has 0 aromatic carbocycles. The fraction of sp³-hybridized carbons (Fsp3) is 0. The molecule has 5 rings (SSSR count). The molecule has 0 atom stereocenters. The number of aromatic amines is 1. The molecule has 2 N–H and O–H groups in total. The topological polar surface area (TPSA) is 101 Å². The molecule has 0 spiro atoms. The number of carbonyl (C=O) groups excluding carboxylic acids is 1. The molecule has 0 aliphatic rings. The summed E-state index contributed by atoms with van der Waals surface area (Å²) in [5.41, 5.74) is 4.16. The molecule has 5 heterocycles. The summed E-state index contributed by atoms with van der Waals surface area (Å²) in [6.45, 7) is 0. The van der Waals surface area contributed by atoms with Crippen molar-refractivity contribution in [3.8, 4) is 21.8 Å². The lowest BCUT2D eigenvalue weighted by molar-refractivity contribution is 0.112. The van der Waals surface area contributed by atoms with Crippen LogP contribution < -0.4 is 5.32 Å². The Kier molecular flexibility index (Phi) is 3.91. The molecule has 5 aromatic heterocycles. The van der Waals surface area contributed by atoms with E-state index in [1.165, 1.54) is 0 Å². The summed E-state index contributed by atoms with van der Waals surface area (Å²) in [5.74, 6) is 0.537. The third kappa shape index (κ3) is 2.93. The number of nitrogens with one attached hydrogen (secondary N) is 2. The number of thiophene rings is 1. The molecule has 0 unspecified atom stereocenters. The fourth-order valence-electron chi connectivity index (χ4n) is 2.90. The third-order valence-corrected chi connectivity index (χ3v) is 5.07. The summed E-state index contributed by atoms with van der Waals surface area (Å²) in [6, 6.07) is 9.35. The van der Waals surface area contributed by atoms with E-state index in [1.807, 2.05) is 29.8 Å². The maximum atomic E-state index is 11.4. The predicted octanol–water partition coefficient (Wildman–Crippen LogP) is 3.80. The smallest absolute Gasteiger partial charge is 0.165 e. The Hall–Kier alpha value is -3.85. The number of hydrogen-bond acceptors (Lipinski definition) is 7. The Labute approximate surface area is 162 Å². The molecule has 0 radical (unpaired) electrons. The van der Waals surface area contributed by atoms with E-state index in [2.05, 4.69) is 25.6 Å². The van der Waals surface area contributed by atoms with E-state index < -0.39 is 0 Å². The quantitative estimate of drug-likeness (QED) is 0.445. The van der Waals surface area contributed by atoms with Gasteiger partial charge in [0, 0.05) is 18.0 Å². The van der Waals surface area contributed by atoms with Crippen molar-refractivity contribution in [3.05, 3.63) is 66.1 Å². The molecular formula is C19H13N7OS. The van der Waals surface area contributed by atoms with E-state index >= 15 is 0 Å². The molecule has 5 aromatic rings. The summed E-state index contributed by atoms with van der Waals surface area (Å²) in [5, 5.41) is 16.2. The highest BCUT2D eigenvalue weighted by atomic mass is 32.1. The number of nitrogens with zero attached hydrogens (tertiary/aromatic N) is 5. The molecular weight excluding hydrogens is 374 g/mol. The van der Waals surface area contributed by atoms with E-state index in [9.17, 15) is 4.79 Å². The van der Waals surface area contributed by atoms with Gasteiger partial charge < -0.3 is 5.32 Å². The highest BCUT2D eigenvalue weighted by Gasteiger charge is 2.13. The molecule has 136 valence electrons. The molecule has 0 fully saturated rings. The summed E-state index contributed by atoms with van der Waals surface area (Å²) in [4.78, 5) is 21.9. The first kappa shape index (κ1) is 16.3. The Morgan fingerprint density at radius 1 is 1.14 bits per heavy atom. The van der Waals surface area contributed by atoms with Crippen LogP contribution in [0, 0.1) is 0 Å². The number of aromatic nitrogens is 6. The number of anilines is 2. The summed E-state index contributed by atoms with van der Waals surface area (Å²) in [7, 11) is 0. The van der Waals surface area contributed by atoms with Gasteiger partial charge in [-0.25, -0.2) is 14.5 Å². The van der Waals surface area contributed by atoms with Crippen molar-refractivity contribution in [2.45, 2.75) is 0 Å². The number of H-pyrrole nitrogens is 1. The Morgan fingerprint density at radius 3 is 2.89 bits per heavy atom. The minimum atomic E-state index is 0.504. The lowest BCUT2D eigenvalue weighted by atomic mass is 10.1. The van der Waals surface area contributed by atoms with Gasteiger partial charge in [0.05, 0.1) is 39.9 Å². The van der Waals surface area contributed by atoms with Crippen molar-refractivity contribution in [1.82, 2.24) is 29.8 Å². The number of pyridine rings is 1. The van der Waals surface area contributed by atoms with E-state index in [-0.39, 0.29) is 0 Å². The highest BCUT2D eigenvalue weighted by molar-refractivity contribution is 7.13. The normalized spacial score (nSPS) is 11.0. The first-order valence-corrected chi connectivity index (χ1v) is 9.30. The first-order chi connectivity index (χ1) is 13.8. The standard InChI is InChI=1S/C19H13N7OS/c27-11-12-6-16(24-18(7-12)23-13-8-20-21-9-13)14-10-22-26-4-3-15(25-19(14)26)17-2-1-5-28-17/h1-11H,(H,20,21)(H,23,24). The molecule has 0 aliphatic heterocycles. The molecule has 28 heavy (non-hydrogen) atoms. The third-order valence-electron chi connectivity index (χ3n) is 4.17. The lowest BCUT2D eigenvalue weighted by Gasteiger charge is -2.07. The number of rotatable bonds is 5. The molecule has 0 aliphatic carbocycles. The summed E-state index contributed by atoms with van der Waals surface area (Å²) >= 11 is 1.63. The van der Waals surface area contributed by atoms with Crippen LogP contribution in [0.4, 0.5) is 11.5 Å². The average molecular weight is 387 g/mol. The van der Waals surface area contributed by atoms with Crippen molar-refractivity contribution in [2.75, 3.05) is 5.32 Å². The maximum Gasteiger partial charge on any atom is 0.165 e. The van der Waals surface area contributed by atoms with E-state index in [1.54, 1.807) is 46.6 Å². The second kappa shape index (κ2) is 6.71. The van der Waals surface area contributed by atoms with Crippen LogP contribution in [0.3, 0.4) is 0 Å². The van der Waals surface area contributed by atoms with Crippen LogP contribution in [0.2, 0.25) is 0 Å². The van der Waals surface area contributed by atoms with Crippen LogP contribution in [-0.2, 0) is 0 Å². The molecule has 8 nitrogen and oxygen atoms in total. The van der Waals surface area contributed by atoms with Gasteiger partial charge in [0.15, 0.2) is 5.65 Å². The maximum absolute atomic E-state index is 11.4.